The van der Waals surface area contributed by atoms with E-state index in [1.165, 1.54) is 0 Å². The van der Waals surface area contributed by atoms with Crippen molar-refractivity contribution in [1.29, 1.82) is 0 Å². The molecule has 4 heteroatoms. The molecule has 1 aromatic heterocycles. The van der Waals surface area contributed by atoms with Crippen LogP contribution in [0, 0.1) is 0 Å². The molecule has 0 unspecified atom stereocenters. The minimum absolute atomic E-state index is 0.674. The summed E-state index contributed by atoms with van der Waals surface area (Å²) in [6.07, 6.45) is 0.887. The largest absolute Gasteiger partial charge is 0.494 e. The highest BCUT2D eigenvalue weighted by Crippen LogP contribution is 2.08. The molecule has 3 aromatic rings. The van der Waals surface area contributed by atoms with Crippen molar-refractivity contribution in [1.82, 2.24) is 9.97 Å². The Morgan fingerprint density at radius 3 is 2.20 bits per heavy atom. The summed E-state index contributed by atoms with van der Waals surface area (Å²) in [5.41, 5.74) is 2.96. The van der Waals surface area contributed by atoms with E-state index in [9.17, 15) is 0 Å². The molecule has 0 atom stereocenters. The Morgan fingerprint density at radius 1 is 0.850 bits per heavy atom. The smallest absolute Gasteiger partial charge is 0.200 e. The van der Waals surface area contributed by atoms with Crippen LogP contribution in [0.5, 0.6) is 5.75 Å². The summed E-state index contributed by atoms with van der Waals surface area (Å²) in [5, 5.41) is 0. The molecule has 0 saturated heterocycles. The van der Waals surface area contributed by atoms with Crippen LogP contribution in [0.15, 0.2) is 59.6 Å². The van der Waals surface area contributed by atoms with Gasteiger partial charge >= 0.3 is 0 Å². The van der Waals surface area contributed by atoms with Gasteiger partial charge in [-0.2, -0.15) is 0 Å². The fourth-order valence-electron chi connectivity index (χ4n) is 2.03. The Bertz CT molecular complexity index is 692. The van der Waals surface area contributed by atoms with Gasteiger partial charge in [-0.05, 0) is 24.3 Å². The number of fused-ring (bicyclic) bond motifs is 1. The lowest BCUT2D eigenvalue weighted by molar-refractivity contribution is 0.313. The highest BCUT2D eigenvalue weighted by Gasteiger charge is 1.94. The topological polar surface area (TPSA) is 53.2 Å². The normalized spacial score (nSPS) is 10.6. The van der Waals surface area contributed by atoms with Crippen molar-refractivity contribution in [3.63, 3.8) is 0 Å². The van der Waals surface area contributed by atoms with Crippen molar-refractivity contribution in [2.45, 2.75) is 6.42 Å². The number of benzene rings is 2. The van der Waals surface area contributed by atoms with Gasteiger partial charge in [-0.25, -0.2) is 0 Å². The SMILES string of the molecule is c1ccc(OCCCN=c2[nH]c3ccccc3[nH]2)cc1. The standard InChI is InChI=1S/C16H17N3O/c1-2-7-13(8-3-1)20-12-6-11-17-16-18-14-9-4-5-10-15(14)19-16/h1-5,7-10H,6,11-12H2,(H2,17,18,19). The van der Waals surface area contributed by atoms with Gasteiger partial charge in [0.2, 0.25) is 0 Å². The van der Waals surface area contributed by atoms with Crippen LogP contribution in [0.3, 0.4) is 0 Å². The third-order valence-corrected chi connectivity index (χ3v) is 3.02. The predicted octanol–water partition coefficient (Wildman–Crippen LogP) is 2.87. The molecule has 4 nitrogen and oxygen atoms in total. The highest BCUT2D eigenvalue weighted by atomic mass is 16.5. The molecular weight excluding hydrogens is 250 g/mol. The molecule has 0 fully saturated rings. The van der Waals surface area contributed by atoms with Gasteiger partial charge in [-0.3, -0.25) is 4.99 Å². The number of ether oxygens (including phenoxy) is 1. The Labute approximate surface area is 117 Å². The summed E-state index contributed by atoms with van der Waals surface area (Å²) in [7, 11) is 0. The molecule has 2 N–H and O–H groups in total. The minimum atomic E-state index is 0.674. The number of hydrogen-bond donors (Lipinski definition) is 2. The fourth-order valence-corrected chi connectivity index (χ4v) is 2.03. The van der Waals surface area contributed by atoms with Gasteiger partial charge in [-0.15, -0.1) is 0 Å². The molecule has 20 heavy (non-hydrogen) atoms. The van der Waals surface area contributed by atoms with Gasteiger partial charge in [-0.1, -0.05) is 30.3 Å². The minimum Gasteiger partial charge on any atom is -0.494 e. The monoisotopic (exact) mass is 267 g/mol. The van der Waals surface area contributed by atoms with Gasteiger partial charge in [0, 0.05) is 13.0 Å². The third-order valence-electron chi connectivity index (χ3n) is 3.02. The van der Waals surface area contributed by atoms with Crippen LogP contribution in [0.2, 0.25) is 0 Å². The first-order chi connectivity index (χ1) is 9.92. The molecule has 0 amide bonds. The maximum Gasteiger partial charge on any atom is 0.200 e. The summed E-state index contributed by atoms with van der Waals surface area (Å²) in [6.45, 7) is 1.41. The van der Waals surface area contributed by atoms with Crippen molar-refractivity contribution in [2.75, 3.05) is 13.2 Å². The quantitative estimate of drug-likeness (QED) is 0.686. The number of rotatable bonds is 5. The maximum atomic E-state index is 5.62. The van der Waals surface area contributed by atoms with Gasteiger partial charge in [0.05, 0.1) is 17.6 Å². The zero-order valence-corrected chi connectivity index (χ0v) is 11.2. The van der Waals surface area contributed by atoms with Crippen molar-refractivity contribution >= 4 is 11.0 Å². The van der Waals surface area contributed by atoms with E-state index in [4.69, 9.17) is 4.74 Å². The second kappa shape index (κ2) is 6.10. The summed E-state index contributed by atoms with van der Waals surface area (Å²) in [4.78, 5) is 11.0. The summed E-state index contributed by atoms with van der Waals surface area (Å²) in [6, 6.07) is 17.9. The summed E-state index contributed by atoms with van der Waals surface area (Å²) < 4.78 is 5.62. The molecule has 0 spiro atoms. The average Bonchev–Trinajstić information content (AvgIpc) is 2.90. The van der Waals surface area contributed by atoms with E-state index in [2.05, 4.69) is 15.0 Å². The lowest BCUT2D eigenvalue weighted by Gasteiger charge is -2.03. The Balaban J connectivity index is 1.53. The van der Waals surface area contributed by atoms with E-state index in [1.54, 1.807) is 0 Å². The molecular formula is C16H17N3O. The van der Waals surface area contributed by atoms with Crippen LogP contribution >= 0.6 is 0 Å². The Hall–Kier alpha value is -2.49. The molecule has 0 aliphatic carbocycles. The van der Waals surface area contributed by atoms with E-state index >= 15 is 0 Å². The summed E-state index contributed by atoms with van der Waals surface area (Å²) in [5.74, 6) is 0.907. The first-order valence-electron chi connectivity index (χ1n) is 6.77. The predicted molar refractivity (Wildman–Crippen MR) is 79.6 cm³/mol. The molecule has 1 heterocycles. The number of aromatic nitrogens is 2. The number of hydrogen-bond acceptors (Lipinski definition) is 2. The highest BCUT2D eigenvalue weighted by molar-refractivity contribution is 5.73. The number of imidazole rings is 1. The van der Waals surface area contributed by atoms with Crippen molar-refractivity contribution < 1.29 is 4.74 Å². The second-order valence-corrected chi connectivity index (χ2v) is 4.54. The number of nitrogens with one attached hydrogen (secondary N) is 2. The molecule has 0 bridgehead atoms. The van der Waals surface area contributed by atoms with Crippen LogP contribution in [0.4, 0.5) is 0 Å². The molecule has 0 saturated carbocycles. The van der Waals surface area contributed by atoms with Crippen molar-refractivity contribution in [2.24, 2.45) is 4.99 Å². The van der Waals surface area contributed by atoms with Gasteiger partial charge < -0.3 is 14.7 Å². The van der Waals surface area contributed by atoms with Crippen LogP contribution < -0.4 is 10.4 Å². The van der Waals surface area contributed by atoms with Crippen molar-refractivity contribution in [3.8, 4) is 5.75 Å². The molecule has 3 rings (SSSR count). The first-order valence-corrected chi connectivity index (χ1v) is 6.77. The lowest BCUT2D eigenvalue weighted by Crippen LogP contribution is -2.08. The van der Waals surface area contributed by atoms with Gasteiger partial charge in [0.15, 0.2) is 5.62 Å². The maximum absolute atomic E-state index is 5.62. The zero-order valence-electron chi connectivity index (χ0n) is 11.2. The van der Waals surface area contributed by atoms with E-state index in [0.717, 1.165) is 35.4 Å². The van der Waals surface area contributed by atoms with Crippen LogP contribution in [0.25, 0.3) is 11.0 Å². The molecule has 2 aromatic carbocycles. The zero-order chi connectivity index (χ0) is 13.6. The van der Waals surface area contributed by atoms with Gasteiger partial charge in [0.25, 0.3) is 0 Å². The molecule has 0 radical (unpaired) electrons. The first kappa shape index (κ1) is 12.5. The van der Waals surface area contributed by atoms with Crippen LogP contribution in [0.1, 0.15) is 6.42 Å². The van der Waals surface area contributed by atoms with Crippen LogP contribution in [-0.4, -0.2) is 23.1 Å². The number of nitrogens with zero attached hydrogens (tertiary/aromatic N) is 1. The Kier molecular flexibility index (Phi) is 3.83. The molecule has 0 aliphatic heterocycles. The van der Waals surface area contributed by atoms with E-state index in [0.29, 0.717) is 6.61 Å². The third kappa shape index (κ3) is 3.09. The van der Waals surface area contributed by atoms with Crippen molar-refractivity contribution in [3.05, 3.63) is 60.2 Å². The van der Waals surface area contributed by atoms with E-state index in [1.807, 2.05) is 54.6 Å². The summed E-state index contributed by atoms with van der Waals surface area (Å²) >= 11 is 0. The number of aromatic amines is 2. The van der Waals surface area contributed by atoms with E-state index in [-0.39, 0.29) is 0 Å². The Morgan fingerprint density at radius 2 is 1.50 bits per heavy atom. The number of para-hydroxylation sites is 3. The van der Waals surface area contributed by atoms with Crippen LogP contribution in [-0.2, 0) is 0 Å². The van der Waals surface area contributed by atoms with E-state index < -0.39 is 0 Å². The lowest BCUT2D eigenvalue weighted by atomic mass is 10.3. The molecule has 0 aliphatic rings. The fraction of sp³-hybridized carbons (Fsp3) is 0.188. The molecule has 102 valence electrons. The number of H-pyrrole nitrogens is 2. The second-order valence-electron chi connectivity index (χ2n) is 4.54. The average molecular weight is 267 g/mol. The van der Waals surface area contributed by atoms with Gasteiger partial charge in [0.1, 0.15) is 5.75 Å².